The average molecular weight is 374 g/mol. The minimum Gasteiger partial charge on any atom is -0.465 e. The van der Waals surface area contributed by atoms with Crippen molar-refractivity contribution in [3.8, 4) is 0 Å². The number of ether oxygens (including phenoxy) is 1. The van der Waals surface area contributed by atoms with E-state index in [-0.39, 0.29) is 17.8 Å². The van der Waals surface area contributed by atoms with Crippen LogP contribution in [0.3, 0.4) is 0 Å². The molecule has 4 heteroatoms. The summed E-state index contributed by atoms with van der Waals surface area (Å²) in [6.07, 6.45) is 9.93. The van der Waals surface area contributed by atoms with Crippen LogP contribution in [-0.4, -0.2) is 36.5 Å². The summed E-state index contributed by atoms with van der Waals surface area (Å²) in [4.78, 5) is 26.7. The smallest absolute Gasteiger partial charge is 0.309 e. The lowest BCUT2D eigenvalue weighted by Gasteiger charge is -2.31. The van der Waals surface area contributed by atoms with Crippen molar-refractivity contribution in [1.82, 2.24) is 4.90 Å². The van der Waals surface area contributed by atoms with Gasteiger partial charge in [0.2, 0.25) is 0 Å². The Morgan fingerprint density at radius 2 is 1.70 bits per heavy atom. The Bertz CT molecular complexity index is 591. The van der Waals surface area contributed by atoms with Gasteiger partial charge in [0.05, 0.1) is 12.5 Å². The molecule has 1 aromatic carbocycles. The Labute approximate surface area is 164 Å². The number of carbonyl (C=O) groups is 2. The van der Waals surface area contributed by atoms with E-state index in [0.29, 0.717) is 32.5 Å². The Morgan fingerprint density at radius 1 is 1.04 bits per heavy atom. The lowest BCUT2D eigenvalue weighted by atomic mass is 9.96. The molecule has 150 valence electrons. The van der Waals surface area contributed by atoms with Gasteiger partial charge in [0.1, 0.15) is 0 Å². The van der Waals surface area contributed by atoms with Gasteiger partial charge in [-0.2, -0.15) is 0 Å². The zero-order valence-corrected chi connectivity index (χ0v) is 17.0. The topological polar surface area (TPSA) is 46.6 Å². The van der Waals surface area contributed by atoms with E-state index < -0.39 is 0 Å². The molecule has 1 fully saturated rings. The summed E-state index contributed by atoms with van der Waals surface area (Å²) in [5, 5.41) is 0. The van der Waals surface area contributed by atoms with Crippen molar-refractivity contribution >= 4 is 11.9 Å². The van der Waals surface area contributed by atoms with Crippen molar-refractivity contribution in [3.05, 3.63) is 35.4 Å². The molecule has 0 radical (unpaired) electrons. The van der Waals surface area contributed by atoms with Crippen LogP contribution in [0.5, 0.6) is 0 Å². The summed E-state index contributed by atoms with van der Waals surface area (Å²) >= 11 is 0. The van der Waals surface area contributed by atoms with Crippen LogP contribution < -0.4 is 0 Å². The second-order valence-electron chi connectivity index (χ2n) is 7.72. The number of amides is 1. The fourth-order valence-corrected chi connectivity index (χ4v) is 3.63. The van der Waals surface area contributed by atoms with Crippen molar-refractivity contribution in [2.45, 2.75) is 71.6 Å². The van der Waals surface area contributed by atoms with Crippen LogP contribution in [0.2, 0.25) is 0 Å². The maximum Gasteiger partial charge on any atom is 0.309 e. The monoisotopic (exact) mass is 373 g/mol. The van der Waals surface area contributed by atoms with Gasteiger partial charge in [0.25, 0.3) is 5.91 Å². The molecule has 0 atom stereocenters. The van der Waals surface area contributed by atoms with E-state index in [4.69, 9.17) is 4.74 Å². The van der Waals surface area contributed by atoms with E-state index >= 15 is 0 Å². The summed E-state index contributed by atoms with van der Waals surface area (Å²) < 4.78 is 5.46. The molecule has 1 saturated heterocycles. The standard InChI is InChI=1S/C23H35NO3/c1-3-4-5-6-7-8-9-17-27-23(26)20-13-15-24(16-14-20)22(25)21-12-10-11-19(2)18-21/h10-12,18,20H,3-9,13-17H2,1-2H3. The molecule has 0 saturated carbocycles. The molecule has 0 unspecified atom stereocenters. The number of hydrogen-bond acceptors (Lipinski definition) is 3. The molecule has 0 spiro atoms. The lowest BCUT2D eigenvalue weighted by molar-refractivity contribution is -0.150. The minimum atomic E-state index is -0.0800. The van der Waals surface area contributed by atoms with Crippen molar-refractivity contribution in [1.29, 1.82) is 0 Å². The highest BCUT2D eigenvalue weighted by Gasteiger charge is 2.28. The molecule has 0 aromatic heterocycles. The number of benzene rings is 1. The summed E-state index contributed by atoms with van der Waals surface area (Å²) in [6, 6.07) is 7.68. The van der Waals surface area contributed by atoms with Crippen molar-refractivity contribution in [2.24, 2.45) is 5.92 Å². The van der Waals surface area contributed by atoms with E-state index in [1.165, 1.54) is 32.1 Å². The minimum absolute atomic E-state index is 0.0592. The first kappa shape index (κ1) is 21.5. The van der Waals surface area contributed by atoms with E-state index in [9.17, 15) is 9.59 Å². The summed E-state index contributed by atoms with van der Waals surface area (Å²) in [7, 11) is 0. The molecule has 0 aliphatic carbocycles. The summed E-state index contributed by atoms with van der Waals surface area (Å²) in [6.45, 7) is 6.01. The Balaban J connectivity index is 1.62. The molecule has 2 rings (SSSR count). The van der Waals surface area contributed by atoms with Gasteiger partial charge in [-0.1, -0.05) is 63.1 Å². The molecule has 1 amide bonds. The van der Waals surface area contributed by atoms with Gasteiger partial charge in [-0.3, -0.25) is 9.59 Å². The van der Waals surface area contributed by atoms with Crippen LogP contribution in [0.4, 0.5) is 0 Å². The number of esters is 1. The highest BCUT2D eigenvalue weighted by atomic mass is 16.5. The van der Waals surface area contributed by atoms with Crippen LogP contribution in [0.1, 0.15) is 80.6 Å². The molecule has 0 bridgehead atoms. The fourth-order valence-electron chi connectivity index (χ4n) is 3.63. The van der Waals surface area contributed by atoms with E-state index in [1.807, 2.05) is 36.1 Å². The maximum absolute atomic E-state index is 12.6. The van der Waals surface area contributed by atoms with Crippen LogP contribution >= 0.6 is 0 Å². The summed E-state index contributed by atoms with van der Waals surface area (Å²) in [5.41, 5.74) is 1.82. The highest BCUT2D eigenvalue weighted by Crippen LogP contribution is 2.21. The van der Waals surface area contributed by atoms with E-state index in [1.54, 1.807) is 0 Å². The maximum atomic E-state index is 12.6. The second kappa shape index (κ2) is 11.8. The predicted molar refractivity (Wildman–Crippen MR) is 109 cm³/mol. The van der Waals surface area contributed by atoms with Gasteiger partial charge in [-0.05, 0) is 38.3 Å². The first-order valence-corrected chi connectivity index (χ1v) is 10.6. The van der Waals surface area contributed by atoms with Crippen molar-refractivity contribution in [2.75, 3.05) is 19.7 Å². The van der Waals surface area contributed by atoms with Crippen molar-refractivity contribution < 1.29 is 14.3 Å². The van der Waals surface area contributed by atoms with Gasteiger partial charge in [0, 0.05) is 18.7 Å². The summed E-state index contributed by atoms with van der Waals surface area (Å²) in [5.74, 6) is -0.0756. The third-order valence-corrected chi connectivity index (χ3v) is 5.37. The average Bonchev–Trinajstić information content (AvgIpc) is 2.69. The zero-order chi connectivity index (χ0) is 19.5. The zero-order valence-electron chi connectivity index (χ0n) is 17.0. The molecular weight excluding hydrogens is 338 g/mol. The molecule has 1 aromatic rings. The molecular formula is C23H35NO3. The molecule has 1 aliphatic rings. The van der Waals surface area contributed by atoms with Crippen LogP contribution in [-0.2, 0) is 9.53 Å². The Kier molecular flexibility index (Phi) is 9.37. The SMILES string of the molecule is CCCCCCCCCOC(=O)C1CCN(C(=O)c2cccc(C)c2)CC1. The first-order chi connectivity index (χ1) is 13.1. The van der Waals surface area contributed by atoms with Gasteiger partial charge < -0.3 is 9.64 Å². The molecule has 4 nitrogen and oxygen atoms in total. The van der Waals surface area contributed by atoms with Gasteiger partial charge in [-0.15, -0.1) is 0 Å². The fraction of sp³-hybridized carbons (Fsp3) is 0.652. The second-order valence-corrected chi connectivity index (χ2v) is 7.72. The van der Waals surface area contributed by atoms with Crippen molar-refractivity contribution in [3.63, 3.8) is 0 Å². The molecule has 0 N–H and O–H groups in total. The number of piperidine rings is 1. The number of carbonyl (C=O) groups excluding carboxylic acids is 2. The number of likely N-dealkylation sites (tertiary alicyclic amines) is 1. The van der Waals surface area contributed by atoms with E-state index in [0.717, 1.165) is 24.0 Å². The molecule has 1 heterocycles. The molecule has 27 heavy (non-hydrogen) atoms. The number of hydrogen-bond donors (Lipinski definition) is 0. The number of unbranched alkanes of at least 4 members (excludes halogenated alkanes) is 6. The first-order valence-electron chi connectivity index (χ1n) is 10.6. The number of nitrogens with zero attached hydrogens (tertiary/aromatic N) is 1. The molecule has 1 aliphatic heterocycles. The van der Waals surface area contributed by atoms with Gasteiger partial charge >= 0.3 is 5.97 Å². The third kappa shape index (κ3) is 7.36. The normalized spacial score (nSPS) is 15.0. The van der Waals surface area contributed by atoms with Crippen LogP contribution in [0, 0.1) is 12.8 Å². The Morgan fingerprint density at radius 3 is 2.37 bits per heavy atom. The predicted octanol–water partition coefficient (Wildman–Crippen LogP) is 5.14. The van der Waals surface area contributed by atoms with Gasteiger partial charge in [0.15, 0.2) is 0 Å². The lowest BCUT2D eigenvalue weighted by Crippen LogP contribution is -2.40. The Hall–Kier alpha value is -1.84. The quantitative estimate of drug-likeness (QED) is 0.421. The van der Waals surface area contributed by atoms with Crippen LogP contribution in [0.15, 0.2) is 24.3 Å². The third-order valence-electron chi connectivity index (χ3n) is 5.37. The van der Waals surface area contributed by atoms with Crippen LogP contribution in [0.25, 0.3) is 0 Å². The largest absolute Gasteiger partial charge is 0.465 e. The number of rotatable bonds is 10. The van der Waals surface area contributed by atoms with Gasteiger partial charge in [-0.25, -0.2) is 0 Å². The van der Waals surface area contributed by atoms with E-state index in [2.05, 4.69) is 6.92 Å². The highest BCUT2D eigenvalue weighted by molar-refractivity contribution is 5.94. The number of aryl methyl sites for hydroxylation is 1.